The van der Waals surface area contributed by atoms with Gasteiger partial charge < -0.3 is 10.3 Å². The third-order valence-electron chi connectivity index (χ3n) is 3.79. The van der Waals surface area contributed by atoms with Gasteiger partial charge in [-0.2, -0.15) is 0 Å². The van der Waals surface area contributed by atoms with Crippen LogP contribution in [0.3, 0.4) is 0 Å². The van der Waals surface area contributed by atoms with Gasteiger partial charge >= 0.3 is 0 Å². The van der Waals surface area contributed by atoms with E-state index >= 15 is 0 Å². The number of nitrogens with zero attached hydrogens (tertiary/aromatic N) is 1. The molecular formula is C14H18N2O. The van der Waals surface area contributed by atoms with E-state index in [1.54, 1.807) is 0 Å². The summed E-state index contributed by atoms with van der Waals surface area (Å²) in [5.74, 6) is 0.591. The van der Waals surface area contributed by atoms with Crippen molar-refractivity contribution in [3.8, 4) is 0 Å². The molecule has 1 saturated carbocycles. The van der Waals surface area contributed by atoms with Crippen LogP contribution in [0.2, 0.25) is 0 Å². The lowest BCUT2D eigenvalue weighted by Crippen LogP contribution is -2.05. The van der Waals surface area contributed by atoms with Crippen LogP contribution in [0.4, 0.5) is 0 Å². The Kier molecular flexibility index (Phi) is 2.85. The van der Waals surface area contributed by atoms with Crippen LogP contribution in [0.5, 0.6) is 0 Å². The molecule has 1 aliphatic carbocycles. The van der Waals surface area contributed by atoms with E-state index in [9.17, 15) is 0 Å². The van der Waals surface area contributed by atoms with E-state index in [0.717, 1.165) is 16.8 Å². The number of hydrogen-bond donors (Lipinski definition) is 1. The van der Waals surface area contributed by atoms with Crippen molar-refractivity contribution in [3.05, 3.63) is 29.5 Å². The molecule has 1 aliphatic rings. The van der Waals surface area contributed by atoms with Gasteiger partial charge in [0.1, 0.15) is 0 Å². The Hall–Kier alpha value is -1.35. The fraction of sp³-hybridized carbons (Fsp3) is 0.500. The maximum absolute atomic E-state index is 5.63. The van der Waals surface area contributed by atoms with Crippen molar-refractivity contribution in [3.63, 3.8) is 0 Å². The molecule has 0 unspecified atom stereocenters. The lowest BCUT2D eigenvalue weighted by Gasteiger charge is -2.19. The van der Waals surface area contributed by atoms with E-state index in [-0.39, 0.29) is 0 Å². The monoisotopic (exact) mass is 230 g/mol. The first kappa shape index (κ1) is 10.8. The van der Waals surface area contributed by atoms with Gasteiger partial charge in [-0.15, -0.1) is 0 Å². The summed E-state index contributed by atoms with van der Waals surface area (Å²) in [7, 11) is 0. The van der Waals surface area contributed by atoms with E-state index in [1.807, 2.05) is 6.07 Å². The minimum absolute atomic E-state index is 0.551. The van der Waals surface area contributed by atoms with E-state index < -0.39 is 0 Å². The van der Waals surface area contributed by atoms with Crippen molar-refractivity contribution in [2.45, 2.75) is 44.6 Å². The molecule has 3 heteroatoms. The first-order valence-corrected chi connectivity index (χ1v) is 6.47. The summed E-state index contributed by atoms with van der Waals surface area (Å²) < 4.78 is 5.44. The van der Waals surface area contributed by atoms with Crippen LogP contribution in [0.15, 0.2) is 22.7 Å². The van der Waals surface area contributed by atoms with E-state index in [2.05, 4.69) is 17.3 Å². The van der Waals surface area contributed by atoms with E-state index in [4.69, 9.17) is 10.3 Å². The van der Waals surface area contributed by atoms with Gasteiger partial charge in [0.2, 0.25) is 0 Å². The van der Waals surface area contributed by atoms with Gasteiger partial charge in [-0.05, 0) is 30.5 Å². The fourth-order valence-electron chi connectivity index (χ4n) is 2.80. The summed E-state index contributed by atoms with van der Waals surface area (Å²) in [6.45, 7) is 0.551. The molecule has 1 heterocycles. The molecule has 2 aromatic rings. The van der Waals surface area contributed by atoms with Crippen LogP contribution in [0, 0.1) is 0 Å². The molecule has 0 atom stereocenters. The van der Waals surface area contributed by atoms with Gasteiger partial charge in [0, 0.05) is 17.8 Å². The number of fused-ring (bicyclic) bond motifs is 1. The molecule has 1 fully saturated rings. The van der Waals surface area contributed by atoms with Crippen LogP contribution in [-0.4, -0.2) is 5.16 Å². The Morgan fingerprint density at radius 1 is 1.24 bits per heavy atom. The molecule has 1 aromatic heterocycles. The summed E-state index contributed by atoms with van der Waals surface area (Å²) in [4.78, 5) is 0. The largest absolute Gasteiger partial charge is 0.356 e. The van der Waals surface area contributed by atoms with Crippen LogP contribution in [-0.2, 0) is 6.54 Å². The third-order valence-corrected chi connectivity index (χ3v) is 3.79. The number of hydrogen-bond acceptors (Lipinski definition) is 3. The third kappa shape index (κ3) is 1.95. The zero-order valence-corrected chi connectivity index (χ0v) is 9.98. The molecule has 0 saturated heterocycles. The summed E-state index contributed by atoms with van der Waals surface area (Å²) in [6, 6.07) is 6.19. The highest BCUT2D eigenvalue weighted by Crippen LogP contribution is 2.35. The van der Waals surface area contributed by atoms with Gasteiger partial charge in [0.15, 0.2) is 5.58 Å². The quantitative estimate of drug-likeness (QED) is 0.860. The Labute approximate surface area is 101 Å². The van der Waals surface area contributed by atoms with Gasteiger partial charge in [-0.25, -0.2) is 0 Å². The molecular weight excluding hydrogens is 212 g/mol. The van der Waals surface area contributed by atoms with E-state index in [0.29, 0.717) is 12.5 Å². The minimum Gasteiger partial charge on any atom is -0.356 e. The molecule has 0 radical (unpaired) electrons. The molecule has 1 aromatic carbocycles. The van der Waals surface area contributed by atoms with Crippen LogP contribution >= 0.6 is 0 Å². The topological polar surface area (TPSA) is 52.0 Å². The highest BCUT2D eigenvalue weighted by atomic mass is 16.5. The Morgan fingerprint density at radius 3 is 2.82 bits per heavy atom. The number of nitrogens with two attached hydrogens (primary N) is 1. The van der Waals surface area contributed by atoms with Crippen LogP contribution < -0.4 is 5.73 Å². The highest BCUT2D eigenvalue weighted by Gasteiger charge is 2.21. The first-order valence-electron chi connectivity index (χ1n) is 6.47. The second kappa shape index (κ2) is 4.49. The number of benzene rings is 1. The Bertz CT molecular complexity index is 512. The lowest BCUT2D eigenvalue weighted by atomic mass is 9.86. The molecule has 3 nitrogen and oxygen atoms in total. The van der Waals surface area contributed by atoms with Crippen molar-refractivity contribution in [1.82, 2.24) is 5.16 Å². The number of rotatable bonds is 2. The molecule has 17 heavy (non-hydrogen) atoms. The fourth-order valence-corrected chi connectivity index (χ4v) is 2.80. The minimum atomic E-state index is 0.551. The van der Waals surface area contributed by atoms with Crippen molar-refractivity contribution in [2.75, 3.05) is 0 Å². The maximum atomic E-state index is 5.63. The highest BCUT2D eigenvalue weighted by molar-refractivity contribution is 5.80. The standard InChI is InChI=1S/C14H18N2O/c15-9-10-6-7-12-13(8-10)17-16-14(12)11-4-2-1-3-5-11/h6-8,11H,1-5,9,15H2. The predicted molar refractivity (Wildman–Crippen MR) is 67.7 cm³/mol. The van der Waals surface area contributed by atoms with Crippen LogP contribution in [0.25, 0.3) is 11.0 Å². The van der Waals surface area contributed by atoms with Gasteiger partial charge in [-0.1, -0.05) is 30.5 Å². The van der Waals surface area contributed by atoms with Crippen molar-refractivity contribution < 1.29 is 4.52 Å². The molecule has 2 N–H and O–H groups in total. The second-order valence-electron chi connectivity index (χ2n) is 4.94. The molecule has 90 valence electrons. The number of aromatic nitrogens is 1. The average molecular weight is 230 g/mol. The molecule has 0 aliphatic heterocycles. The average Bonchev–Trinajstić information content (AvgIpc) is 2.82. The molecule has 0 bridgehead atoms. The predicted octanol–water partition coefficient (Wildman–Crippen LogP) is 3.33. The van der Waals surface area contributed by atoms with Crippen LogP contribution in [0.1, 0.15) is 49.3 Å². The lowest BCUT2D eigenvalue weighted by molar-refractivity contribution is 0.395. The van der Waals surface area contributed by atoms with E-state index in [1.165, 1.54) is 37.5 Å². The summed E-state index contributed by atoms with van der Waals surface area (Å²) in [6.07, 6.45) is 6.50. The zero-order chi connectivity index (χ0) is 11.7. The summed E-state index contributed by atoms with van der Waals surface area (Å²) in [5.41, 5.74) is 8.77. The molecule has 0 amide bonds. The van der Waals surface area contributed by atoms with Crippen molar-refractivity contribution in [1.29, 1.82) is 0 Å². The van der Waals surface area contributed by atoms with Crippen molar-refractivity contribution >= 4 is 11.0 Å². The molecule has 0 spiro atoms. The van der Waals surface area contributed by atoms with Crippen molar-refractivity contribution in [2.24, 2.45) is 5.73 Å². The maximum Gasteiger partial charge on any atom is 0.167 e. The second-order valence-corrected chi connectivity index (χ2v) is 4.94. The Morgan fingerprint density at radius 2 is 2.06 bits per heavy atom. The summed E-state index contributed by atoms with van der Waals surface area (Å²) >= 11 is 0. The van der Waals surface area contributed by atoms with Gasteiger partial charge in [0.05, 0.1) is 5.69 Å². The molecule has 3 rings (SSSR count). The van der Waals surface area contributed by atoms with Gasteiger partial charge in [0.25, 0.3) is 0 Å². The normalized spacial score (nSPS) is 17.7. The van der Waals surface area contributed by atoms with Gasteiger partial charge in [-0.3, -0.25) is 0 Å². The SMILES string of the molecule is NCc1ccc2c(C3CCCCC3)noc2c1. The smallest absolute Gasteiger partial charge is 0.167 e. The summed E-state index contributed by atoms with van der Waals surface area (Å²) in [5, 5.41) is 5.45. The first-order chi connectivity index (χ1) is 8.38. The Balaban J connectivity index is 1.99. The zero-order valence-electron chi connectivity index (χ0n) is 9.98.